The van der Waals surface area contributed by atoms with Crippen LogP contribution in [0.4, 0.5) is 5.69 Å². The Labute approximate surface area is 113 Å². The van der Waals surface area contributed by atoms with E-state index in [-0.39, 0.29) is 35.7 Å². The second-order valence-corrected chi connectivity index (χ2v) is 4.08. The summed E-state index contributed by atoms with van der Waals surface area (Å²) in [4.78, 5) is 33.4. The van der Waals surface area contributed by atoms with Gasteiger partial charge in [0.15, 0.2) is 0 Å². The van der Waals surface area contributed by atoms with Gasteiger partial charge in [-0.25, -0.2) is 10.2 Å². The third-order valence-corrected chi connectivity index (χ3v) is 2.65. The fourth-order valence-electron chi connectivity index (χ4n) is 1.63. The van der Waals surface area contributed by atoms with Gasteiger partial charge in [-0.2, -0.15) is 5.10 Å². The molecule has 8 nitrogen and oxygen atoms in total. The first-order valence-electron chi connectivity index (χ1n) is 5.70. The zero-order valence-electron chi connectivity index (χ0n) is 10.2. The van der Waals surface area contributed by atoms with Crippen molar-refractivity contribution >= 4 is 29.2 Å². The third-order valence-electron chi connectivity index (χ3n) is 2.65. The predicted octanol–water partition coefficient (Wildman–Crippen LogP) is 0.295. The Kier molecular flexibility index (Phi) is 3.65. The number of amides is 2. The number of nitrogens with one attached hydrogen (secondary N) is 2. The van der Waals surface area contributed by atoms with Gasteiger partial charge in [-0.3, -0.25) is 9.59 Å². The van der Waals surface area contributed by atoms with Crippen molar-refractivity contribution in [3.63, 3.8) is 0 Å². The average molecular weight is 277 g/mol. The van der Waals surface area contributed by atoms with Gasteiger partial charge >= 0.3 is 5.97 Å². The number of hydrazone groups is 1. The SMILES string of the molecule is O=C1CCC(C(=O)Nc2ccc(C(=O)O)c(O)c2)=NN1. The number of benzene rings is 1. The van der Waals surface area contributed by atoms with E-state index in [1.807, 2.05) is 0 Å². The molecule has 0 saturated heterocycles. The molecule has 1 aromatic rings. The quantitative estimate of drug-likeness (QED) is 0.631. The number of aromatic hydroxyl groups is 1. The summed E-state index contributed by atoms with van der Waals surface area (Å²) in [6, 6.07) is 3.66. The molecule has 8 heteroatoms. The number of carboxylic acids is 1. The molecule has 1 aromatic carbocycles. The molecule has 0 aromatic heterocycles. The van der Waals surface area contributed by atoms with E-state index in [0.29, 0.717) is 0 Å². The molecule has 20 heavy (non-hydrogen) atoms. The van der Waals surface area contributed by atoms with Crippen molar-refractivity contribution in [2.45, 2.75) is 12.8 Å². The summed E-state index contributed by atoms with van der Waals surface area (Å²) in [7, 11) is 0. The minimum absolute atomic E-state index is 0.159. The van der Waals surface area contributed by atoms with Crippen LogP contribution in [0.1, 0.15) is 23.2 Å². The van der Waals surface area contributed by atoms with Crippen LogP contribution in [0.15, 0.2) is 23.3 Å². The van der Waals surface area contributed by atoms with Crippen LogP contribution in [-0.2, 0) is 9.59 Å². The zero-order valence-corrected chi connectivity index (χ0v) is 10.2. The van der Waals surface area contributed by atoms with Gasteiger partial charge in [0, 0.05) is 24.6 Å². The van der Waals surface area contributed by atoms with Crippen molar-refractivity contribution in [2.24, 2.45) is 5.10 Å². The molecule has 0 fully saturated rings. The van der Waals surface area contributed by atoms with E-state index < -0.39 is 17.6 Å². The summed E-state index contributed by atoms with van der Waals surface area (Å²) in [6.07, 6.45) is 0.395. The second-order valence-electron chi connectivity index (χ2n) is 4.08. The lowest BCUT2D eigenvalue weighted by Gasteiger charge is -2.12. The van der Waals surface area contributed by atoms with Crippen LogP contribution in [0.3, 0.4) is 0 Å². The molecule has 0 saturated carbocycles. The summed E-state index contributed by atoms with van der Waals surface area (Å²) in [5, 5.41) is 24.3. The molecule has 2 amide bonds. The lowest BCUT2D eigenvalue weighted by molar-refractivity contribution is -0.121. The molecule has 1 aliphatic rings. The monoisotopic (exact) mass is 277 g/mol. The highest BCUT2D eigenvalue weighted by Crippen LogP contribution is 2.22. The fraction of sp³-hybridized carbons (Fsp3) is 0.167. The number of aromatic carboxylic acids is 1. The number of hydrogen-bond donors (Lipinski definition) is 4. The molecule has 4 N–H and O–H groups in total. The predicted molar refractivity (Wildman–Crippen MR) is 68.5 cm³/mol. The Morgan fingerprint density at radius 1 is 1.30 bits per heavy atom. The number of carboxylic acid groups (broad SMARTS) is 1. The number of nitrogens with zero attached hydrogens (tertiary/aromatic N) is 1. The van der Waals surface area contributed by atoms with Crippen LogP contribution < -0.4 is 10.7 Å². The van der Waals surface area contributed by atoms with Gasteiger partial charge in [-0.1, -0.05) is 0 Å². The molecule has 104 valence electrons. The Hall–Kier alpha value is -2.90. The van der Waals surface area contributed by atoms with Gasteiger partial charge in [0.25, 0.3) is 5.91 Å². The highest BCUT2D eigenvalue weighted by Gasteiger charge is 2.19. The maximum atomic E-state index is 11.8. The smallest absolute Gasteiger partial charge is 0.339 e. The van der Waals surface area contributed by atoms with Gasteiger partial charge in [0.1, 0.15) is 17.0 Å². The minimum Gasteiger partial charge on any atom is -0.507 e. The first-order chi connectivity index (χ1) is 9.47. The van der Waals surface area contributed by atoms with Crippen molar-refractivity contribution in [2.75, 3.05) is 5.32 Å². The van der Waals surface area contributed by atoms with Gasteiger partial charge in [0.05, 0.1) is 0 Å². The lowest BCUT2D eigenvalue weighted by atomic mass is 10.1. The third kappa shape index (κ3) is 2.91. The maximum Gasteiger partial charge on any atom is 0.339 e. The highest BCUT2D eigenvalue weighted by atomic mass is 16.4. The van der Waals surface area contributed by atoms with Crippen molar-refractivity contribution in [1.82, 2.24) is 5.43 Å². The summed E-state index contributed by atoms with van der Waals surface area (Å²) in [6.45, 7) is 0. The Balaban J connectivity index is 2.10. The molecular weight excluding hydrogens is 266 g/mol. The standard InChI is InChI=1S/C12H11N3O5/c16-9-5-6(1-2-7(9)12(19)20)13-11(18)8-3-4-10(17)15-14-8/h1-2,5,16H,3-4H2,(H,13,18)(H,15,17)(H,19,20). The van der Waals surface area contributed by atoms with Crippen LogP contribution in [0, 0.1) is 0 Å². The molecule has 0 radical (unpaired) electrons. The van der Waals surface area contributed by atoms with Crippen molar-refractivity contribution in [3.8, 4) is 5.75 Å². The van der Waals surface area contributed by atoms with Crippen molar-refractivity contribution in [3.05, 3.63) is 23.8 Å². The largest absolute Gasteiger partial charge is 0.507 e. The Morgan fingerprint density at radius 2 is 2.05 bits per heavy atom. The van der Waals surface area contributed by atoms with E-state index in [9.17, 15) is 19.5 Å². The maximum absolute atomic E-state index is 11.8. The number of hydrogen-bond acceptors (Lipinski definition) is 5. The summed E-state index contributed by atoms with van der Waals surface area (Å²) in [5.74, 6) is -2.49. The molecule has 0 unspecified atom stereocenters. The molecule has 2 rings (SSSR count). The van der Waals surface area contributed by atoms with Crippen molar-refractivity contribution in [1.29, 1.82) is 0 Å². The van der Waals surface area contributed by atoms with E-state index >= 15 is 0 Å². The van der Waals surface area contributed by atoms with Crippen molar-refractivity contribution < 1.29 is 24.6 Å². The number of carbonyl (C=O) groups is 3. The van der Waals surface area contributed by atoms with Crippen LogP contribution in [-0.4, -0.2) is 33.7 Å². The van der Waals surface area contributed by atoms with Gasteiger partial charge < -0.3 is 15.5 Å². The Bertz CT molecular complexity index is 624. The highest BCUT2D eigenvalue weighted by molar-refractivity contribution is 6.43. The van der Waals surface area contributed by atoms with Gasteiger partial charge in [-0.15, -0.1) is 0 Å². The first-order valence-corrected chi connectivity index (χ1v) is 5.70. The van der Waals surface area contributed by atoms with Crippen LogP contribution in [0.2, 0.25) is 0 Å². The molecule has 0 bridgehead atoms. The number of phenols is 1. The molecule has 1 heterocycles. The van der Waals surface area contributed by atoms with E-state index in [2.05, 4.69) is 15.8 Å². The second kappa shape index (κ2) is 5.39. The fourth-order valence-corrected chi connectivity index (χ4v) is 1.63. The van der Waals surface area contributed by atoms with E-state index in [0.717, 1.165) is 6.07 Å². The zero-order chi connectivity index (χ0) is 14.7. The van der Waals surface area contributed by atoms with E-state index in [1.54, 1.807) is 0 Å². The summed E-state index contributed by atoms with van der Waals surface area (Å²) in [5.41, 5.74) is 2.33. The first kappa shape index (κ1) is 13.5. The summed E-state index contributed by atoms with van der Waals surface area (Å²) < 4.78 is 0. The molecule has 0 aliphatic carbocycles. The van der Waals surface area contributed by atoms with Gasteiger partial charge in [0.2, 0.25) is 5.91 Å². The molecule has 1 aliphatic heterocycles. The number of carbonyl (C=O) groups excluding carboxylic acids is 2. The van der Waals surface area contributed by atoms with Crippen LogP contribution >= 0.6 is 0 Å². The van der Waals surface area contributed by atoms with Crippen LogP contribution in [0.25, 0.3) is 0 Å². The number of rotatable bonds is 3. The van der Waals surface area contributed by atoms with Crippen LogP contribution in [0.5, 0.6) is 5.75 Å². The normalized spacial score (nSPS) is 14.2. The topological polar surface area (TPSA) is 128 Å². The minimum atomic E-state index is -1.26. The van der Waals surface area contributed by atoms with E-state index in [4.69, 9.17) is 5.11 Å². The molecular formula is C12H11N3O5. The Morgan fingerprint density at radius 3 is 2.60 bits per heavy atom. The molecule has 0 atom stereocenters. The average Bonchev–Trinajstić information content (AvgIpc) is 2.39. The van der Waals surface area contributed by atoms with Gasteiger partial charge in [-0.05, 0) is 12.1 Å². The summed E-state index contributed by atoms with van der Waals surface area (Å²) >= 11 is 0. The molecule has 0 spiro atoms. The number of anilines is 1. The lowest BCUT2D eigenvalue weighted by Crippen LogP contribution is -2.32. The van der Waals surface area contributed by atoms with E-state index in [1.165, 1.54) is 12.1 Å².